The molecular formula is C21H23N3O5S. The SMILES string of the molecule is O=C(CN(c1cccc([N+](=O)[O-])c1)S(=O)(=O)c1ccccc1)N[C@@H]1C[C@@H]2CC[C@@H]1C2. The average molecular weight is 429 g/mol. The van der Waals surface area contributed by atoms with E-state index >= 15 is 0 Å². The zero-order valence-electron chi connectivity index (χ0n) is 16.3. The van der Waals surface area contributed by atoms with Gasteiger partial charge in [0, 0.05) is 18.2 Å². The van der Waals surface area contributed by atoms with E-state index in [9.17, 15) is 23.3 Å². The number of hydrogen-bond donors (Lipinski definition) is 1. The van der Waals surface area contributed by atoms with Crippen LogP contribution in [0.3, 0.4) is 0 Å². The summed E-state index contributed by atoms with van der Waals surface area (Å²) in [6.07, 6.45) is 4.33. The number of nitro benzene ring substituents is 1. The molecule has 0 radical (unpaired) electrons. The van der Waals surface area contributed by atoms with Crippen LogP contribution in [0.25, 0.3) is 0 Å². The van der Waals surface area contributed by atoms with Gasteiger partial charge in [0.15, 0.2) is 0 Å². The van der Waals surface area contributed by atoms with E-state index in [2.05, 4.69) is 5.32 Å². The summed E-state index contributed by atoms with van der Waals surface area (Å²) in [6.45, 7) is -0.438. The van der Waals surface area contributed by atoms with Crippen LogP contribution in [0.2, 0.25) is 0 Å². The van der Waals surface area contributed by atoms with Gasteiger partial charge in [-0.1, -0.05) is 30.7 Å². The van der Waals surface area contributed by atoms with E-state index in [1.165, 1.54) is 42.8 Å². The number of sulfonamides is 1. The fourth-order valence-electron chi connectivity index (χ4n) is 4.60. The second-order valence-electron chi connectivity index (χ2n) is 7.95. The highest BCUT2D eigenvalue weighted by Crippen LogP contribution is 2.44. The number of nitro groups is 1. The van der Waals surface area contributed by atoms with E-state index in [-0.39, 0.29) is 22.3 Å². The number of anilines is 1. The molecule has 158 valence electrons. The molecule has 2 fully saturated rings. The molecular weight excluding hydrogens is 406 g/mol. The van der Waals surface area contributed by atoms with E-state index in [0.29, 0.717) is 11.8 Å². The molecule has 2 aromatic carbocycles. The minimum absolute atomic E-state index is 0.0178. The maximum atomic E-state index is 13.3. The summed E-state index contributed by atoms with van der Waals surface area (Å²) < 4.78 is 27.5. The molecule has 0 aromatic heterocycles. The summed E-state index contributed by atoms with van der Waals surface area (Å²) in [6, 6.07) is 13.1. The van der Waals surface area contributed by atoms with E-state index in [0.717, 1.165) is 23.6 Å². The van der Waals surface area contributed by atoms with Crippen molar-refractivity contribution in [1.29, 1.82) is 0 Å². The summed E-state index contributed by atoms with van der Waals surface area (Å²) in [7, 11) is -4.09. The Morgan fingerprint density at radius 3 is 2.50 bits per heavy atom. The van der Waals surface area contributed by atoms with Gasteiger partial charge in [0.2, 0.25) is 5.91 Å². The molecule has 2 aliphatic rings. The lowest BCUT2D eigenvalue weighted by Gasteiger charge is -2.27. The lowest BCUT2D eigenvalue weighted by molar-refractivity contribution is -0.384. The van der Waals surface area contributed by atoms with Crippen LogP contribution in [-0.4, -0.2) is 31.8 Å². The molecule has 0 aliphatic heterocycles. The Morgan fingerprint density at radius 1 is 1.10 bits per heavy atom. The van der Waals surface area contributed by atoms with E-state index in [4.69, 9.17) is 0 Å². The number of nitrogens with one attached hydrogen (secondary N) is 1. The largest absolute Gasteiger partial charge is 0.352 e. The third-order valence-corrected chi connectivity index (χ3v) is 7.82. The maximum Gasteiger partial charge on any atom is 0.271 e. The summed E-state index contributed by atoms with van der Waals surface area (Å²) >= 11 is 0. The molecule has 8 nitrogen and oxygen atoms in total. The smallest absolute Gasteiger partial charge is 0.271 e. The Kier molecular flexibility index (Phi) is 5.46. The minimum Gasteiger partial charge on any atom is -0.352 e. The Morgan fingerprint density at radius 2 is 1.87 bits per heavy atom. The maximum absolute atomic E-state index is 13.3. The minimum atomic E-state index is -4.09. The van der Waals surface area contributed by atoms with E-state index in [1.54, 1.807) is 18.2 Å². The van der Waals surface area contributed by atoms with Crippen LogP contribution < -0.4 is 9.62 Å². The van der Waals surface area contributed by atoms with Gasteiger partial charge in [0.1, 0.15) is 6.54 Å². The summed E-state index contributed by atoms with van der Waals surface area (Å²) in [4.78, 5) is 23.4. The first kappa shape index (κ1) is 20.3. The van der Waals surface area contributed by atoms with Crippen molar-refractivity contribution >= 4 is 27.3 Å². The molecule has 0 saturated heterocycles. The van der Waals surface area contributed by atoms with Crippen LogP contribution in [0, 0.1) is 22.0 Å². The van der Waals surface area contributed by atoms with Crippen LogP contribution >= 0.6 is 0 Å². The number of nitrogens with zero attached hydrogens (tertiary/aromatic N) is 2. The monoisotopic (exact) mass is 429 g/mol. The van der Waals surface area contributed by atoms with Crippen molar-refractivity contribution in [1.82, 2.24) is 5.32 Å². The number of fused-ring (bicyclic) bond motifs is 2. The zero-order valence-corrected chi connectivity index (χ0v) is 17.1. The molecule has 1 amide bonds. The van der Waals surface area contributed by atoms with Crippen LogP contribution in [0.15, 0.2) is 59.5 Å². The zero-order chi connectivity index (χ0) is 21.3. The number of hydrogen-bond acceptors (Lipinski definition) is 5. The van der Waals surface area contributed by atoms with Crippen LogP contribution in [-0.2, 0) is 14.8 Å². The number of amides is 1. The first-order chi connectivity index (χ1) is 14.3. The quantitative estimate of drug-likeness (QED) is 0.537. The molecule has 0 unspecified atom stereocenters. The summed E-state index contributed by atoms with van der Waals surface area (Å²) in [5.41, 5.74) is -0.162. The van der Waals surface area contributed by atoms with Crippen molar-refractivity contribution in [2.24, 2.45) is 11.8 Å². The van der Waals surface area contributed by atoms with Crippen molar-refractivity contribution in [3.8, 4) is 0 Å². The number of benzene rings is 2. The molecule has 30 heavy (non-hydrogen) atoms. The normalized spacial score (nSPS) is 22.6. The number of carbonyl (C=O) groups excluding carboxylic acids is 1. The fourth-order valence-corrected chi connectivity index (χ4v) is 6.03. The highest BCUT2D eigenvalue weighted by atomic mass is 32.2. The Balaban J connectivity index is 1.62. The molecule has 0 heterocycles. The molecule has 2 aliphatic carbocycles. The lowest BCUT2D eigenvalue weighted by atomic mass is 9.95. The van der Waals surface area contributed by atoms with Gasteiger partial charge < -0.3 is 5.32 Å². The van der Waals surface area contributed by atoms with Gasteiger partial charge in [0.25, 0.3) is 15.7 Å². The van der Waals surface area contributed by atoms with Crippen LogP contribution in [0.5, 0.6) is 0 Å². The number of non-ortho nitro benzene ring substituents is 1. The van der Waals surface area contributed by atoms with Gasteiger partial charge in [-0.25, -0.2) is 8.42 Å². The van der Waals surface area contributed by atoms with Gasteiger partial charge in [-0.15, -0.1) is 0 Å². The lowest BCUT2D eigenvalue weighted by Crippen LogP contribution is -2.46. The molecule has 9 heteroatoms. The first-order valence-electron chi connectivity index (χ1n) is 9.96. The topological polar surface area (TPSA) is 110 Å². The molecule has 4 rings (SSSR count). The predicted octanol–water partition coefficient (Wildman–Crippen LogP) is 3.09. The van der Waals surface area contributed by atoms with E-state index < -0.39 is 27.4 Å². The average Bonchev–Trinajstić information content (AvgIpc) is 3.36. The fraction of sp³-hybridized carbons (Fsp3) is 0.381. The molecule has 3 atom stereocenters. The first-order valence-corrected chi connectivity index (χ1v) is 11.4. The van der Waals surface area contributed by atoms with Gasteiger partial charge in [-0.2, -0.15) is 0 Å². The number of rotatable bonds is 7. The van der Waals surface area contributed by atoms with Crippen LogP contribution in [0.1, 0.15) is 25.7 Å². The molecule has 2 bridgehead atoms. The van der Waals surface area contributed by atoms with Crippen molar-refractivity contribution in [3.05, 3.63) is 64.7 Å². The summed E-state index contributed by atoms with van der Waals surface area (Å²) in [5, 5.41) is 14.2. The van der Waals surface area contributed by atoms with Crippen molar-refractivity contribution < 1.29 is 18.1 Å². The highest BCUT2D eigenvalue weighted by molar-refractivity contribution is 7.92. The van der Waals surface area contributed by atoms with Gasteiger partial charge in [-0.05, 0) is 49.3 Å². The van der Waals surface area contributed by atoms with Gasteiger partial charge >= 0.3 is 0 Å². The standard InChI is InChI=1S/C21H23N3O5S/c25-21(22-20-12-15-9-10-16(20)11-15)14-23(17-5-4-6-18(13-17)24(26)27)30(28,29)19-7-2-1-3-8-19/h1-8,13,15-16,20H,9-12,14H2,(H,22,25)/t15-,16-,20-/m1/s1. The third-order valence-electron chi connectivity index (χ3n) is 6.03. The highest BCUT2D eigenvalue weighted by Gasteiger charge is 2.40. The Labute approximate surface area is 175 Å². The number of carbonyl (C=O) groups is 1. The molecule has 0 spiro atoms. The van der Waals surface area contributed by atoms with Crippen molar-refractivity contribution in [3.63, 3.8) is 0 Å². The second-order valence-corrected chi connectivity index (χ2v) is 9.81. The second kappa shape index (κ2) is 8.06. The predicted molar refractivity (Wildman–Crippen MR) is 111 cm³/mol. The molecule has 1 N–H and O–H groups in total. The summed E-state index contributed by atoms with van der Waals surface area (Å²) in [5.74, 6) is 0.690. The third kappa shape index (κ3) is 4.02. The van der Waals surface area contributed by atoms with E-state index in [1.807, 2.05) is 0 Å². The molecule has 2 aromatic rings. The Hall–Kier alpha value is -2.94. The van der Waals surface area contributed by atoms with Crippen molar-refractivity contribution in [2.45, 2.75) is 36.6 Å². The van der Waals surface area contributed by atoms with Crippen LogP contribution in [0.4, 0.5) is 11.4 Å². The Bertz CT molecular complexity index is 1060. The molecule has 2 saturated carbocycles. The van der Waals surface area contributed by atoms with Crippen molar-refractivity contribution in [2.75, 3.05) is 10.8 Å². The van der Waals surface area contributed by atoms with Gasteiger partial charge in [0.05, 0.1) is 15.5 Å². The van der Waals surface area contributed by atoms with Gasteiger partial charge in [-0.3, -0.25) is 19.2 Å².